The van der Waals surface area contributed by atoms with E-state index in [9.17, 15) is 0 Å². The van der Waals surface area contributed by atoms with Gasteiger partial charge in [-0.25, -0.2) is 4.98 Å². The van der Waals surface area contributed by atoms with Crippen LogP contribution < -0.4 is 11.1 Å². The summed E-state index contributed by atoms with van der Waals surface area (Å²) in [6, 6.07) is 7.85. The van der Waals surface area contributed by atoms with Crippen LogP contribution in [0.1, 0.15) is 0 Å². The van der Waals surface area contributed by atoms with Crippen molar-refractivity contribution in [3.05, 3.63) is 24.3 Å². The maximum atomic E-state index is 5.38. The van der Waals surface area contributed by atoms with E-state index in [-0.39, 0.29) is 5.11 Å². The van der Waals surface area contributed by atoms with Crippen LogP contribution in [0.15, 0.2) is 24.3 Å². The fourth-order valence-electron chi connectivity index (χ4n) is 1.37. The van der Waals surface area contributed by atoms with Gasteiger partial charge in [0.05, 0.1) is 11.0 Å². The topological polar surface area (TPSA) is 55.9 Å². The quantitative estimate of drug-likeness (QED) is 0.689. The first kappa shape index (κ1) is 8.96. The summed E-state index contributed by atoms with van der Waals surface area (Å²) in [5, 5.41) is 3.05. The van der Waals surface area contributed by atoms with Crippen LogP contribution in [-0.2, 0) is 7.05 Å². The zero-order valence-electron chi connectivity index (χ0n) is 7.69. The predicted octanol–water partition coefficient (Wildman–Crippen LogP) is 1.23. The van der Waals surface area contributed by atoms with Crippen LogP contribution in [-0.4, -0.2) is 14.7 Å². The first-order valence-electron chi connectivity index (χ1n) is 4.16. The molecule has 0 unspecified atom stereocenters. The lowest BCUT2D eigenvalue weighted by Crippen LogP contribution is -2.21. The average molecular weight is 206 g/mol. The van der Waals surface area contributed by atoms with Crippen molar-refractivity contribution >= 4 is 34.3 Å². The number of para-hydroxylation sites is 2. The molecule has 0 bridgehead atoms. The van der Waals surface area contributed by atoms with E-state index in [1.807, 2.05) is 35.9 Å². The molecule has 0 aliphatic carbocycles. The minimum atomic E-state index is 0.225. The molecule has 5 heteroatoms. The summed E-state index contributed by atoms with van der Waals surface area (Å²) < 4.78 is 1.91. The van der Waals surface area contributed by atoms with Crippen LogP contribution in [0.2, 0.25) is 0 Å². The van der Waals surface area contributed by atoms with Gasteiger partial charge in [0, 0.05) is 7.05 Å². The standard InChI is InChI=1S/C9H10N4S/c1-13-7-5-3-2-4-6(7)11-9(13)12-8(10)14/h2-5H,1H3,(H3,10,11,12,14). The minimum Gasteiger partial charge on any atom is -0.376 e. The van der Waals surface area contributed by atoms with Gasteiger partial charge in [-0.2, -0.15) is 0 Å². The number of hydrogen-bond acceptors (Lipinski definition) is 2. The number of rotatable bonds is 1. The van der Waals surface area contributed by atoms with Gasteiger partial charge < -0.3 is 15.6 Å². The number of aromatic nitrogens is 2. The number of hydrogen-bond donors (Lipinski definition) is 2. The molecular weight excluding hydrogens is 196 g/mol. The van der Waals surface area contributed by atoms with Crippen LogP contribution in [0.25, 0.3) is 11.0 Å². The third kappa shape index (κ3) is 1.42. The Morgan fingerprint density at radius 2 is 2.21 bits per heavy atom. The average Bonchev–Trinajstić information content (AvgIpc) is 2.44. The molecular formula is C9H10N4S. The number of anilines is 1. The van der Waals surface area contributed by atoms with E-state index in [4.69, 9.17) is 18.0 Å². The Labute approximate surface area is 86.7 Å². The molecule has 0 fully saturated rings. The minimum absolute atomic E-state index is 0.225. The highest BCUT2D eigenvalue weighted by Gasteiger charge is 2.06. The molecule has 1 aromatic carbocycles. The van der Waals surface area contributed by atoms with Crippen molar-refractivity contribution in [1.29, 1.82) is 0 Å². The Balaban J connectivity index is 2.57. The first-order valence-corrected chi connectivity index (χ1v) is 4.57. The number of aryl methyl sites for hydroxylation is 1. The first-order chi connectivity index (χ1) is 6.68. The highest BCUT2D eigenvalue weighted by Crippen LogP contribution is 2.16. The van der Waals surface area contributed by atoms with Crippen molar-refractivity contribution in [3.63, 3.8) is 0 Å². The second-order valence-corrected chi connectivity index (χ2v) is 3.41. The number of fused-ring (bicyclic) bond motifs is 1. The van der Waals surface area contributed by atoms with Gasteiger partial charge in [0.2, 0.25) is 5.95 Å². The number of thiocarbonyl (C=S) groups is 1. The molecule has 0 spiro atoms. The van der Waals surface area contributed by atoms with E-state index in [0.29, 0.717) is 5.95 Å². The molecule has 0 radical (unpaired) electrons. The van der Waals surface area contributed by atoms with E-state index in [1.165, 1.54) is 0 Å². The van der Waals surface area contributed by atoms with Crippen molar-refractivity contribution in [2.75, 3.05) is 5.32 Å². The third-order valence-corrected chi connectivity index (χ3v) is 2.12. The highest BCUT2D eigenvalue weighted by atomic mass is 32.1. The number of nitrogens with two attached hydrogens (primary N) is 1. The zero-order valence-corrected chi connectivity index (χ0v) is 8.51. The third-order valence-electron chi connectivity index (χ3n) is 2.02. The van der Waals surface area contributed by atoms with Gasteiger partial charge in [-0.3, -0.25) is 0 Å². The molecule has 0 amide bonds. The highest BCUT2D eigenvalue weighted by molar-refractivity contribution is 7.80. The number of nitrogens with one attached hydrogen (secondary N) is 1. The molecule has 0 aliphatic rings. The Bertz CT molecular complexity index is 489. The Morgan fingerprint density at radius 3 is 2.86 bits per heavy atom. The maximum Gasteiger partial charge on any atom is 0.209 e. The lowest BCUT2D eigenvalue weighted by atomic mass is 10.3. The SMILES string of the molecule is Cn1c(NC(N)=S)nc2ccccc21. The summed E-state index contributed by atoms with van der Waals surface area (Å²) >= 11 is 4.76. The van der Waals surface area contributed by atoms with Crippen LogP contribution in [0, 0.1) is 0 Å². The Kier molecular flexibility index (Phi) is 2.09. The fraction of sp³-hybridized carbons (Fsp3) is 0.111. The zero-order chi connectivity index (χ0) is 10.1. The fourth-order valence-corrected chi connectivity index (χ4v) is 1.46. The van der Waals surface area contributed by atoms with Gasteiger partial charge in [-0.1, -0.05) is 12.1 Å². The molecule has 0 atom stereocenters. The second-order valence-electron chi connectivity index (χ2n) is 2.97. The number of imidazole rings is 1. The molecule has 0 saturated carbocycles. The van der Waals surface area contributed by atoms with E-state index in [0.717, 1.165) is 11.0 Å². The van der Waals surface area contributed by atoms with Crippen molar-refractivity contribution in [3.8, 4) is 0 Å². The molecule has 14 heavy (non-hydrogen) atoms. The number of benzene rings is 1. The number of nitrogens with zero attached hydrogens (tertiary/aromatic N) is 2. The van der Waals surface area contributed by atoms with Gasteiger partial charge in [0.25, 0.3) is 0 Å². The molecule has 1 aromatic heterocycles. The summed E-state index contributed by atoms with van der Waals surface area (Å²) in [4.78, 5) is 4.34. The van der Waals surface area contributed by atoms with Gasteiger partial charge in [0.15, 0.2) is 5.11 Å². The van der Waals surface area contributed by atoms with E-state index in [1.54, 1.807) is 0 Å². The van der Waals surface area contributed by atoms with Gasteiger partial charge in [0.1, 0.15) is 0 Å². The molecule has 2 rings (SSSR count). The molecule has 1 heterocycles. The second kappa shape index (κ2) is 3.26. The van der Waals surface area contributed by atoms with Crippen molar-refractivity contribution < 1.29 is 0 Å². The molecule has 0 saturated heterocycles. The Hall–Kier alpha value is -1.62. The molecule has 0 aliphatic heterocycles. The van der Waals surface area contributed by atoms with E-state index >= 15 is 0 Å². The summed E-state index contributed by atoms with van der Waals surface area (Å²) in [6.07, 6.45) is 0. The predicted molar refractivity (Wildman–Crippen MR) is 61.1 cm³/mol. The molecule has 3 N–H and O–H groups in total. The van der Waals surface area contributed by atoms with Gasteiger partial charge in [-0.05, 0) is 24.4 Å². The van der Waals surface area contributed by atoms with Crippen molar-refractivity contribution in [2.24, 2.45) is 12.8 Å². The maximum absolute atomic E-state index is 5.38. The summed E-state index contributed by atoms with van der Waals surface area (Å²) in [5.74, 6) is 0.665. The van der Waals surface area contributed by atoms with Gasteiger partial charge in [-0.15, -0.1) is 0 Å². The van der Waals surface area contributed by atoms with E-state index < -0.39 is 0 Å². The molecule has 4 nitrogen and oxygen atoms in total. The van der Waals surface area contributed by atoms with Crippen molar-refractivity contribution in [1.82, 2.24) is 9.55 Å². The summed E-state index contributed by atoms with van der Waals surface area (Å²) in [6.45, 7) is 0. The smallest absolute Gasteiger partial charge is 0.209 e. The largest absolute Gasteiger partial charge is 0.376 e. The van der Waals surface area contributed by atoms with Crippen LogP contribution in [0.3, 0.4) is 0 Å². The normalized spacial score (nSPS) is 10.4. The molecule has 72 valence electrons. The van der Waals surface area contributed by atoms with Crippen LogP contribution in [0.4, 0.5) is 5.95 Å². The Morgan fingerprint density at radius 1 is 1.50 bits per heavy atom. The lowest BCUT2D eigenvalue weighted by Gasteiger charge is -2.02. The van der Waals surface area contributed by atoms with E-state index in [2.05, 4.69) is 10.3 Å². The van der Waals surface area contributed by atoms with Crippen molar-refractivity contribution in [2.45, 2.75) is 0 Å². The molecule has 2 aromatic rings. The lowest BCUT2D eigenvalue weighted by molar-refractivity contribution is 0.961. The summed E-state index contributed by atoms with van der Waals surface area (Å²) in [5.41, 5.74) is 7.35. The van der Waals surface area contributed by atoms with Gasteiger partial charge >= 0.3 is 0 Å². The monoisotopic (exact) mass is 206 g/mol. The van der Waals surface area contributed by atoms with Crippen LogP contribution in [0.5, 0.6) is 0 Å². The summed E-state index contributed by atoms with van der Waals surface area (Å²) in [7, 11) is 1.91. The van der Waals surface area contributed by atoms with Crippen LogP contribution >= 0.6 is 12.2 Å².